The van der Waals surface area contributed by atoms with Crippen molar-refractivity contribution in [1.29, 1.82) is 0 Å². The molecule has 0 aliphatic rings. The number of hydrogen-bond acceptors (Lipinski definition) is 1. The molecule has 0 aromatic rings. The molecule has 1 nitrogen and oxygen atoms in total. The molecular formula is C11H26NRe-. The van der Waals surface area contributed by atoms with Crippen LogP contribution in [0.3, 0.4) is 0 Å². The Morgan fingerprint density at radius 1 is 1.23 bits per heavy atom. The number of rotatable bonds is 5. The summed E-state index contributed by atoms with van der Waals surface area (Å²) in [6.07, 6.45) is 3.44. The van der Waals surface area contributed by atoms with Crippen molar-refractivity contribution >= 4 is 0 Å². The van der Waals surface area contributed by atoms with Gasteiger partial charge in [-0.1, -0.05) is 20.8 Å². The zero-order valence-electron chi connectivity index (χ0n) is 10.1. The van der Waals surface area contributed by atoms with Crippen LogP contribution in [-0.2, 0) is 20.4 Å². The molecule has 0 unspecified atom stereocenters. The van der Waals surface area contributed by atoms with Crippen molar-refractivity contribution in [2.24, 2.45) is 0 Å². The Kier molecular flexibility index (Phi) is 22.4. The first kappa shape index (κ1) is 19.2. The van der Waals surface area contributed by atoms with Crippen LogP contribution in [0.15, 0.2) is 0 Å². The summed E-state index contributed by atoms with van der Waals surface area (Å²) in [5.41, 5.74) is 0. The molecule has 0 saturated heterocycles. The fourth-order valence-corrected chi connectivity index (χ4v) is 1.08. The van der Waals surface area contributed by atoms with Crippen LogP contribution in [0.4, 0.5) is 0 Å². The van der Waals surface area contributed by atoms with Crippen LogP contribution < -0.4 is 0 Å². The first-order valence-corrected chi connectivity index (χ1v) is 5.24. The first-order chi connectivity index (χ1) is 5.72. The minimum absolute atomic E-state index is 0. The van der Waals surface area contributed by atoms with Gasteiger partial charge in [-0.3, -0.25) is 0 Å². The van der Waals surface area contributed by atoms with Crippen molar-refractivity contribution in [2.45, 2.75) is 54.0 Å². The molecule has 83 valence electrons. The maximum atomic E-state index is 2.47. The van der Waals surface area contributed by atoms with Crippen molar-refractivity contribution < 1.29 is 20.4 Å². The molecule has 0 N–H and O–H groups in total. The average molecular weight is 359 g/mol. The summed E-state index contributed by atoms with van der Waals surface area (Å²) in [7, 11) is 0. The Hall–Kier alpha value is 0.622. The van der Waals surface area contributed by atoms with E-state index in [2.05, 4.69) is 39.0 Å². The molecule has 2 heteroatoms. The summed E-state index contributed by atoms with van der Waals surface area (Å²) in [5, 5.41) is 0. The minimum atomic E-state index is 0. The van der Waals surface area contributed by atoms with Gasteiger partial charge in [0.2, 0.25) is 0 Å². The second kappa shape index (κ2) is 15.1. The predicted molar refractivity (Wildman–Crippen MR) is 58.3 cm³/mol. The molecule has 13 heavy (non-hydrogen) atoms. The normalized spacial score (nSPS) is 9.23. The largest absolute Gasteiger partial charge is 0.330 e. The van der Waals surface area contributed by atoms with Crippen molar-refractivity contribution in [2.75, 3.05) is 13.1 Å². The molecule has 0 aromatic heterocycles. The van der Waals surface area contributed by atoms with Crippen molar-refractivity contribution in [3.8, 4) is 0 Å². The number of nitrogens with zero attached hydrogens (tertiary/aromatic N) is 1. The topological polar surface area (TPSA) is 3.24 Å². The van der Waals surface area contributed by atoms with Gasteiger partial charge in [-0.25, -0.2) is 0 Å². The summed E-state index contributed by atoms with van der Waals surface area (Å²) in [6, 6.07) is 0.699. The van der Waals surface area contributed by atoms with E-state index >= 15 is 0 Å². The first-order valence-electron chi connectivity index (χ1n) is 5.24. The summed E-state index contributed by atoms with van der Waals surface area (Å²) in [4.78, 5) is 2.47. The average Bonchev–Trinajstić information content (AvgIpc) is 2.09. The van der Waals surface area contributed by atoms with E-state index in [1.165, 1.54) is 19.5 Å². The van der Waals surface area contributed by atoms with Crippen LogP contribution in [0, 0.1) is 6.42 Å². The van der Waals surface area contributed by atoms with Crippen LogP contribution in [0.2, 0.25) is 0 Å². The second-order valence-electron chi connectivity index (χ2n) is 2.92. The van der Waals surface area contributed by atoms with E-state index in [4.69, 9.17) is 0 Å². The zero-order valence-corrected chi connectivity index (χ0v) is 12.8. The summed E-state index contributed by atoms with van der Waals surface area (Å²) < 4.78 is 0. The van der Waals surface area contributed by atoms with E-state index in [0.29, 0.717) is 6.04 Å². The molecule has 0 spiro atoms. The van der Waals surface area contributed by atoms with Gasteiger partial charge in [-0.05, 0) is 26.9 Å². The van der Waals surface area contributed by atoms with E-state index in [1.807, 2.05) is 13.8 Å². The van der Waals surface area contributed by atoms with Crippen LogP contribution in [-0.4, -0.2) is 24.0 Å². The van der Waals surface area contributed by atoms with Crippen LogP contribution in [0.1, 0.15) is 48.0 Å². The zero-order chi connectivity index (χ0) is 9.98. The molecule has 0 amide bonds. The van der Waals surface area contributed by atoms with Crippen LogP contribution >= 0.6 is 0 Å². The quantitative estimate of drug-likeness (QED) is 0.681. The summed E-state index contributed by atoms with van der Waals surface area (Å²) in [5.74, 6) is 0. The van der Waals surface area contributed by atoms with E-state index in [0.717, 1.165) is 0 Å². The molecule has 0 heterocycles. The molecule has 0 aliphatic heterocycles. The van der Waals surface area contributed by atoms with Gasteiger partial charge in [-0.2, -0.15) is 13.3 Å². The fourth-order valence-electron chi connectivity index (χ4n) is 1.08. The van der Waals surface area contributed by atoms with Crippen LogP contribution in [0.5, 0.6) is 0 Å². The molecule has 0 aliphatic carbocycles. The van der Waals surface area contributed by atoms with E-state index in [-0.39, 0.29) is 20.4 Å². The Balaban J connectivity index is -0.000000309. The third kappa shape index (κ3) is 12.6. The Labute approximate surface area is 98.9 Å². The van der Waals surface area contributed by atoms with Gasteiger partial charge in [0.25, 0.3) is 0 Å². The fraction of sp³-hybridized carbons (Fsp3) is 0.909. The Bertz CT molecular complexity index is 74.5. The van der Waals surface area contributed by atoms with Crippen molar-refractivity contribution in [1.82, 2.24) is 4.90 Å². The van der Waals surface area contributed by atoms with E-state index in [9.17, 15) is 0 Å². The maximum Gasteiger partial charge on any atom is 0.00374 e. The molecule has 0 saturated carbocycles. The molecule has 0 atom stereocenters. The van der Waals surface area contributed by atoms with Crippen LogP contribution in [0.25, 0.3) is 0 Å². The van der Waals surface area contributed by atoms with Gasteiger partial charge < -0.3 is 11.3 Å². The van der Waals surface area contributed by atoms with Gasteiger partial charge in [-0.15, -0.1) is 0 Å². The molecule has 1 radical (unpaired) electrons. The summed E-state index contributed by atoms with van der Waals surface area (Å²) >= 11 is 0. The van der Waals surface area contributed by atoms with E-state index in [1.54, 1.807) is 0 Å². The monoisotopic (exact) mass is 359 g/mol. The molecule has 0 aromatic carbocycles. The van der Waals surface area contributed by atoms with Gasteiger partial charge in [0.15, 0.2) is 0 Å². The summed E-state index contributed by atoms with van der Waals surface area (Å²) in [6.45, 7) is 15.2. The smallest absolute Gasteiger partial charge is 0.00374 e. The van der Waals surface area contributed by atoms with Crippen molar-refractivity contribution in [3.63, 3.8) is 0 Å². The van der Waals surface area contributed by atoms with Gasteiger partial charge in [0.05, 0.1) is 0 Å². The molecule has 0 fully saturated rings. The predicted octanol–water partition coefficient (Wildman–Crippen LogP) is 3.35. The second-order valence-corrected chi connectivity index (χ2v) is 2.92. The third-order valence-corrected chi connectivity index (χ3v) is 1.84. The SMILES string of the molecule is CC.C[CH-]CCN(CC)C(C)C.[Re]. The Morgan fingerprint density at radius 3 is 1.92 bits per heavy atom. The maximum absolute atomic E-state index is 2.47. The number of unbranched alkanes of at least 4 members (excludes halogenated alkanes) is 1. The minimum Gasteiger partial charge on any atom is -0.330 e. The van der Waals surface area contributed by atoms with Gasteiger partial charge in [0, 0.05) is 26.5 Å². The van der Waals surface area contributed by atoms with Gasteiger partial charge >= 0.3 is 0 Å². The molecule has 0 rings (SSSR count). The molecule has 0 bridgehead atoms. The van der Waals surface area contributed by atoms with Crippen molar-refractivity contribution in [3.05, 3.63) is 6.42 Å². The van der Waals surface area contributed by atoms with Gasteiger partial charge in [0.1, 0.15) is 0 Å². The standard InChI is InChI=1S/C9H20N.C2H6.Re/c1-5-7-8-10(6-2)9(3)4;1-2;/h5,9H,6-8H2,1-4H3;1-2H3;/q-1;;. The Morgan fingerprint density at radius 2 is 1.69 bits per heavy atom. The molecular weight excluding hydrogens is 332 g/mol. The number of hydrogen-bond donors (Lipinski definition) is 0. The third-order valence-electron chi connectivity index (χ3n) is 1.84. The van der Waals surface area contributed by atoms with E-state index < -0.39 is 0 Å².